The average Bonchev–Trinajstić information content (AvgIpc) is 3.35. The van der Waals surface area contributed by atoms with Crippen LogP contribution in [0.3, 0.4) is 0 Å². The van der Waals surface area contributed by atoms with Gasteiger partial charge in [-0.3, -0.25) is 14.3 Å². The minimum absolute atomic E-state index is 0.00740. The summed E-state index contributed by atoms with van der Waals surface area (Å²) in [6, 6.07) is -0.0441. The predicted octanol–water partition coefficient (Wildman–Crippen LogP) is 1.86. The Balaban J connectivity index is 1.54. The van der Waals surface area contributed by atoms with Crippen LogP contribution in [-0.4, -0.2) is 39.6 Å². The van der Waals surface area contributed by atoms with E-state index in [1.165, 1.54) is 0 Å². The van der Waals surface area contributed by atoms with E-state index in [9.17, 15) is 9.59 Å². The molecule has 1 aromatic heterocycles. The maximum atomic E-state index is 12.6. The summed E-state index contributed by atoms with van der Waals surface area (Å²) in [7, 11) is 1.92. The minimum Gasteiger partial charge on any atom is -0.349 e. The third-order valence-electron chi connectivity index (χ3n) is 5.46. The fourth-order valence-electron chi connectivity index (χ4n) is 3.77. The molecule has 6 heteroatoms. The molecule has 0 radical (unpaired) electrons. The molecule has 1 atom stereocenters. The number of rotatable bonds is 4. The highest BCUT2D eigenvalue weighted by Gasteiger charge is 2.36. The molecule has 0 aromatic carbocycles. The quantitative estimate of drug-likeness (QED) is 0.915. The zero-order chi connectivity index (χ0) is 17.4. The van der Waals surface area contributed by atoms with Gasteiger partial charge in [0.15, 0.2) is 0 Å². The summed E-state index contributed by atoms with van der Waals surface area (Å²) in [5.41, 5.74) is 3.16. The highest BCUT2D eigenvalue weighted by molar-refractivity contribution is 5.82. The second-order valence-corrected chi connectivity index (χ2v) is 7.31. The molecule has 2 heterocycles. The van der Waals surface area contributed by atoms with E-state index in [4.69, 9.17) is 0 Å². The van der Waals surface area contributed by atoms with Gasteiger partial charge in [-0.1, -0.05) is 0 Å². The van der Waals surface area contributed by atoms with Gasteiger partial charge in [0.2, 0.25) is 11.8 Å². The maximum Gasteiger partial charge on any atom is 0.225 e. The van der Waals surface area contributed by atoms with Crippen molar-refractivity contribution in [1.82, 2.24) is 20.0 Å². The van der Waals surface area contributed by atoms with Gasteiger partial charge in [-0.15, -0.1) is 0 Å². The number of amides is 2. The van der Waals surface area contributed by atoms with Gasteiger partial charge in [-0.25, -0.2) is 0 Å². The van der Waals surface area contributed by atoms with Crippen LogP contribution >= 0.6 is 0 Å². The van der Waals surface area contributed by atoms with Crippen molar-refractivity contribution in [3.8, 4) is 0 Å². The number of aryl methyl sites for hydroxylation is 2. The first-order valence-electron chi connectivity index (χ1n) is 8.97. The van der Waals surface area contributed by atoms with E-state index < -0.39 is 0 Å². The Morgan fingerprint density at radius 3 is 2.25 bits per heavy atom. The number of nitrogens with zero attached hydrogens (tertiary/aromatic N) is 3. The number of carbonyl (C=O) groups is 2. The van der Waals surface area contributed by atoms with Crippen LogP contribution in [0.2, 0.25) is 0 Å². The summed E-state index contributed by atoms with van der Waals surface area (Å²) in [5, 5.41) is 7.57. The third kappa shape index (κ3) is 3.32. The summed E-state index contributed by atoms with van der Waals surface area (Å²) in [6.45, 7) is 7.45. The second kappa shape index (κ2) is 6.57. The van der Waals surface area contributed by atoms with E-state index in [0.717, 1.165) is 42.6 Å². The van der Waals surface area contributed by atoms with Crippen LogP contribution in [0.5, 0.6) is 0 Å². The Labute approximate surface area is 143 Å². The molecule has 1 saturated carbocycles. The van der Waals surface area contributed by atoms with Crippen LogP contribution in [0, 0.1) is 25.7 Å². The van der Waals surface area contributed by atoms with Crippen molar-refractivity contribution in [2.24, 2.45) is 18.9 Å². The van der Waals surface area contributed by atoms with E-state index in [-0.39, 0.29) is 23.8 Å². The summed E-state index contributed by atoms with van der Waals surface area (Å²) in [4.78, 5) is 26.6. The molecule has 0 spiro atoms. The van der Waals surface area contributed by atoms with E-state index in [2.05, 4.69) is 10.4 Å². The zero-order valence-electron chi connectivity index (χ0n) is 15.1. The fraction of sp³-hybridized carbons (Fsp3) is 0.722. The SMILES string of the molecule is Cc1nn(C)c(C)c1[C@@H](C)NC(=O)C1CCN(C(=O)C2CC2)CC1. The van der Waals surface area contributed by atoms with Gasteiger partial charge in [0.1, 0.15) is 0 Å². The summed E-state index contributed by atoms with van der Waals surface area (Å²) in [6.07, 6.45) is 3.62. The Morgan fingerprint density at radius 2 is 1.75 bits per heavy atom. The number of hydrogen-bond donors (Lipinski definition) is 1. The van der Waals surface area contributed by atoms with Crippen molar-refractivity contribution in [2.75, 3.05) is 13.1 Å². The van der Waals surface area contributed by atoms with Crippen LogP contribution in [0.1, 0.15) is 55.6 Å². The van der Waals surface area contributed by atoms with Crippen LogP contribution < -0.4 is 5.32 Å². The molecule has 1 saturated heterocycles. The van der Waals surface area contributed by atoms with Crippen molar-refractivity contribution in [1.29, 1.82) is 0 Å². The Bertz CT molecular complexity index is 640. The highest BCUT2D eigenvalue weighted by Crippen LogP contribution is 2.32. The molecular weight excluding hydrogens is 304 g/mol. The topological polar surface area (TPSA) is 67.2 Å². The smallest absolute Gasteiger partial charge is 0.225 e. The van der Waals surface area contributed by atoms with Crippen molar-refractivity contribution in [3.05, 3.63) is 17.0 Å². The predicted molar refractivity (Wildman–Crippen MR) is 91.3 cm³/mol. The van der Waals surface area contributed by atoms with Crippen molar-refractivity contribution < 1.29 is 9.59 Å². The molecule has 0 bridgehead atoms. The van der Waals surface area contributed by atoms with E-state index in [0.29, 0.717) is 19.0 Å². The maximum absolute atomic E-state index is 12.6. The number of piperidine rings is 1. The zero-order valence-corrected chi connectivity index (χ0v) is 15.1. The molecule has 0 unspecified atom stereocenters. The summed E-state index contributed by atoms with van der Waals surface area (Å²) in [5.74, 6) is 0.674. The van der Waals surface area contributed by atoms with Gasteiger partial charge in [-0.2, -0.15) is 5.10 Å². The normalized spacial score (nSPS) is 20.1. The Kier molecular flexibility index (Phi) is 4.65. The first-order chi connectivity index (χ1) is 11.4. The first kappa shape index (κ1) is 17.0. The molecule has 6 nitrogen and oxygen atoms in total. The molecule has 132 valence electrons. The largest absolute Gasteiger partial charge is 0.349 e. The van der Waals surface area contributed by atoms with Gasteiger partial charge in [0.25, 0.3) is 0 Å². The van der Waals surface area contributed by atoms with Gasteiger partial charge < -0.3 is 10.2 Å². The van der Waals surface area contributed by atoms with Crippen molar-refractivity contribution in [2.45, 2.75) is 52.5 Å². The molecular formula is C18H28N4O2. The first-order valence-corrected chi connectivity index (χ1v) is 8.97. The van der Waals surface area contributed by atoms with E-state index >= 15 is 0 Å². The van der Waals surface area contributed by atoms with Crippen LogP contribution in [0.25, 0.3) is 0 Å². The highest BCUT2D eigenvalue weighted by atomic mass is 16.2. The molecule has 2 fully saturated rings. The molecule has 1 N–H and O–H groups in total. The molecule has 1 aliphatic carbocycles. The molecule has 2 amide bonds. The van der Waals surface area contributed by atoms with Crippen molar-refractivity contribution in [3.63, 3.8) is 0 Å². The Hall–Kier alpha value is -1.85. The van der Waals surface area contributed by atoms with Gasteiger partial charge in [0.05, 0.1) is 11.7 Å². The minimum atomic E-state index is -0.0441. The number of carbonyl (C=O) groups excluding carboxylic acids is 2. The lowest BCUT2D eigenvalue weighted by molar-refractivity contribution is -0.136. The summed E-state index contributed by atoms with van der Waals surface area (Å²) >= 11 is 0. The molecule has 1 aliphatic heterocycles. The van der Waals surface area contributed by atoms with Gasteiger partial charge in [0, 0.05) is 43.2 Å². The second-order valence-electron chi connectivity index (χ2n) is 7.31. The van der Waals surface area contributed by atoms with Gasteiger partial charge >= 0.3 is 0 Å². The lowest BCUT2D eigenvalue weighted by atomic mass is 9.94. The molecule has 2 aliphatic rings. The number of likely N-dealkylation sites (tertiary alicyclic amines) is 1. The number of nitrogens with one attached hydrogen (secondary N) is 1. The average molecular weight is 332 g/mol. The standard InChI is InChI=1S/C18H28N4O2/c1-11(16-12(2)20-21(4)13(16)3)19-17(23)14-7-9-22(10-8-14)18(24)15-5-6-15/h11,14-15H,5-10H2,1-4H3,(H,19,23)/t11-/m1/s1. The van der Waals surface area contributed by atoms with E-state index in [1.807, 2.05) is 37.4 Å². The van der Waals surface area contributed by atoms with E-state index in [1.54, 1.807) is 0 Å². The third-order valence-corrected chi connectivity index (χ3v) is 5.46. The van der Waals surface area contributed by atoms with Crippen LogP contribution in [0.4, 0.5) is 0 Å². The van der Waals surface area contributed by atoms with Gasteiger partial charge in [-0.05, 0) is 46.5 Å². The lowest BCUT2D eigenvalue weighted by Crippen LogP contribution is -2.44. The molecule has 24 heavy (non-hydrogen) atoms. The van der Waals surface area contributed by atoms with Crippen LogP contribution in [-0.2, 0) is 16.6 Å². The fourth-order valence-corrected chi connectivity index (χ4v) is 3.77. The van der Waals surface area contributed by atoms with Crippen LogP contribution in [0.15, 0.2) is 0 Å². The summed E-state index contributed by atoms with van der Waals surface area (Å²) < 4.78 is 1.86. The molecule has 3 rings (SSSR count). The Morgan fingerprint density at radius 1 is 1.12 bits per heavy atom. The monoisotopic (exact) mass is 332 g/mol. The number of hydrogen-bond acceptors (Lipinski definition) is 3. The number of aromatic nitrogens is 2. The molecule has 1 aromatic rings. The lowest BCUT2D eigenvalue weighted by Gasteiger charge is -2.32. The van der Waals surface area contributed by atoms with Crippen molar-refractivity contribution >= 4 is 11.8 Å².